The summed E-state index contributed by atoms with van der Waals surface area (Å²) in [4.78, 5) is 28.2. The van der Waals surface area contributed by atoms with Crippen LogP contribution >= 0.6 is 0 Å². The molecule has 0 saturated heterocycles. The van der Waals surface area contributed by atoms with Gasteiger partial charge in [0.1, 0.15) is 0 Å². The van der Waals surface area contributed by atoms with Gasteiger partial charge in [-0.05, 0) is 39.8 Å². The van der Waals surface area contributed by atoms with Crippen LogP contribution in [0.25, 0.3) is 0 Å². The lowest BCUT2D eigenvalue weighted by atomic mass is 9.75. The average molecular weight is 281 g/mol. The van der Waals surface area contributed by atoms with E-state index in [0.717, 1.165) is 25.7 Å². The van der Waals surface area contributed by atoms with Gasteiger partial charge in [0.05, 0.1) is 5.56 Å². The number of aromatic nitrogens is 2. The van der Waals surface area contributed by atoms with Crippen LogP contribution in [0.5, 0.6) is 5.88 Å². The number of nitrogens with zero attached hydrogens (tertiary/aromatic N) is 2. The second-order valence-corrected chi connectivity index (χ2v) is 5.87. The lowest BCUT2D eigenvalue weighted by Crippen LogP contribution is -2.54. The summed E-state index contributed by atoms with van der Waals surface area (Å²) >= 11 is 0. The fourth-order valence-electron chi connectivity index (χ4n) is 2.85. The van der Waals surface area contributed by atoms with Crippen LogP contribution < -0.4 is 11.2 Å². The van der Waals surface area contributed by atoms with Gasteiger partial charge in [0.25, 0.3) is 5.56 Å². The quantitative estimate of drug-likeness (QED) is 0.832. The fourth-order valence-corrected chi connectivity index (χ4v) is 2.85. The Kier molecular flexibility index (Phi) is 4.04. The largest absolute Gasteiger partial charge is 0.494 e. The molecule has 0 aromatic carbocycles. The number of hydrogen-bond acceptors (Lipinski definition) is 4. The predicted octanol–water partition coefficient (Wildman–Crippen LogP) is 0.679. The summed E-state index contributed by atoms with van der Waals surface area (Å²) < 4.78 is 1.31. The molecule has 1 aliphatic carbocycles. The zero-order valence-corrected chi connectivity index (χ0v) is 12.4. The molecule has 0 unspecified atom stereocenters. The molecule has 0 radical (unpaired) electrons. The van der Waals surface area contributed by atoms with Crippen LogP contribution in [0, 0.1) is 0 Å². The molecule has 1 fully saturated rings. The smallest absolute Gasteiger partial charge is 0.331 e. The molecule has 1 aromatic rings. The summed E-state index contributed by atoms with van der Waals surface area (Å²) in [5.41, 5.74) is -0.790. The number of rotatable bonds is 5. The highest BCUT2D eigenvalue weighted by molar-refractivity contribution is 5.23. The van der Waals surface area contributed by atoms with Crippen LogP contribution in [0.1, 0.15) is 38.2 Å². The number of nitrogens with one attached hydrogen (secondary N) is 1. The minimum Gasteiger partial charge on any atom is -0.494 e. The molecule has 112 valence electrons. The molecular formula is C14H23N3O3. The van der Waals surface area contributed by atoms with Crippen molar-refractivity contribution in [1.82, 2.24) is 14.5 Å². The molecular weight excluding hydrogens is 258 g/mol. The highest BCUT2D eigenvalue weighted by Gasteiger charge is 2.40. The van der Waals surface area contributed by atoms with E-state index in [1.807, 2.05) is 21.0 Å². The first-order valence-electron chi connectivity index (χ1n) is 7.13. The Labute approximate surface area is 118 Å². The minimum atomic E-state index is -0.527. The Morgan fingerprint density at radius 1 is 1.35 bits per heavy atom. The molecule has 0 atom stereocenters. The van der Waals surface area contributed by atoms with Gasteiger partial charge in [-0.1, -0.05) is 13.3 Å². The molecule has 1 saturated carbocycles. The predicted molar refractivity (Wildman–Crippen MR) is 77.3 cm³/mol. The third-order valence-electron chi connectivity index (χ3n) is 4.45. The van der Waals surface area contributed by atoms with E-state index in [2.05, 4.69) is 9.88 Å². The van der Waals surface area contributed by atoms with Crippen molar-refractivity contribution in [2.24, 2.45) is 0 Å². The van der Waals surface area contributed by atoms with Crippen molar-refractivity contribution >= 4 is 0 Å². The van der Waals surface area contributed by atoms with E-state index in [9.17, 15) is 14.7 Å². The monoisotopic (exact) mass is 281 g/mol. The van der Waals surface area contributed by atoms with Crippen molar-refractivity contribution in [3.63, 3.8) is 0 Å². The summed E-state index contributed by atoms with van der Waals surface area (Å²) in [5, 5.41) is 10.3. The maximum atomic E-state index is 12.0. The van der Waals surface area contributed by atoms with E-state index < -0.39 is 11.2 Å². The van der Waals surface area contributed by atoms with Crippen LogP contribution in [0.15, 0.2) is 9.59 Å². The lowest BCUT2D eigenvalue weighted by molar-refractivity contribution is 0.0386. The Morgan fingerprint density at radius 3 is 2.45 bits per heavy atom. The highest BCUT2D eigenvalue weighted by Crippen LogP contribution is 2.38. The van der Waals surface area contributed by atoms with Crippen molar-refractivity contribution in [1.29, 1.82) is 0 Å². The highest BCUT2D eigenvalue weighted by atomic mass is 16.3. The van der Waals surface area contributed by atoms with Crippen LogP contribution in [0.2, 0.25) is 0 Å². The number of likely N-dealkylation sites (N-methyl/N-ethyl adjacent to an activating group) is 1. The number of hydrogen-bond donors (Lipinski definition) is 2. The normalized spacial score (nSPS) is 17.2. The van der Waals surface area contributed by atoms with E-state index in [0.29, 0.717) is 18.5 Å². The van der Waals surface area contributed by atoms with Gasteiger partial charge in [-0.2, -0.15) is 0 Å². The molecule has 0 aliphatic heterocycles. The topological polar surface area (TPSA) is 78.3 Å². The van der Waals surface area contributed by atoms with Gasteiger partial charge in [-0.25, -0.2) is 4.79 Å². The van der Waals surface area contributed by atoms with Crippen LogP contribution in [-0.4, -0.2) is 39.2 Å². The maximum absolute atomic E-state index is 12.0. The van der Waals surface area contributed by atoms with Gasteiger partial charge in [-0.15, -0.1) is 0 Å². The van der Waals surface area contributed by atoms with Gasteiger partial charge >= 0.3 is 5.69 Å². The number of aromatic amines is 1. The molecule has 0 spiro atoms. The summed E-state index contributed by atoms with van der Waals surface area (Å²) in [7, 11) is 3.97. The van der Waals surface area contributed by atoms with Gasteiger partial charge in [0.15, 0.2) is 0 Å². The standard InChI is InChI=1S/C14H23N3O3/c1-4-6-10-11(18)15-13(20)17(12(10)19)9-14(16(2)3)7-5-8-14/h19H,4-9H2,1-3H3,(H,15,18,20). The van der Waals surface area contributed by atoms with Gasteiger partial charge < -0.3 is 10.0 Å². The van der Waals surface area contributed by atoms with Gasteiger partial charge in [-0.3, -0.25) is 14.3 Å². The van der Waals surface area contributed by atoms with E-state index in [4.69, 9.17) is 0 Å². The first-order valence-corrected chi connectivity index (χ1v) is 7.13. The molecule has 6 heteroatoms. The Hall–Kier alpha value is -1.56. The second kappa shape index (κ2) is 5.44. The van der Waals surface area contributed by atoms with Crippen LogP contribution in [-0.2, 0) is 13.0 Å². The van der Waals surface area contributed by atoms with Crippen molar-refractivity contribution in [3.05, 3.63) is 26.4 Å². The Morgan fingerprint density at radius 2 is 2.00 bits per heavy atom. The summed E-state index contributed by atoms with van der Waals surface area (Å²) in [6, 6.07) is 0. The number of aromatic hydroxyl groups is 1. The van der Waals surface area contributed by atoms with Crippen molar-refractivity contribution in [2.45, 2.75) is 51.1 Å². The van der Waals surface area contributed by atoms with Gasteiger partial charge in [0, 0.05) is 12.1 Å². The van der Waals surface area contributed by atoms with E-state index >= 15 is 0 Å². The molecule has 2 N–H and O–H groups in total. The molecule has 0 bridgehead atoms. The molecule has 6 nitrogen and oxygen atoms in total. The summed E-state index contributed by atoms with van der Waals surface area (Å²) in [5.74, 6) is -0.172. The minimum absolute atomic E-state index is 0.0942. The van der Waals surface area contributed by atoms with E-state index in [1.54, 1.807) is 0 Å². The molecule has 1 aliphatic rings. The second-order valence-electron chi connectivity index (χ2n) is 5.87. The Bertz CT molecular complexity index is 597. The molecule has 0 amide bonds. The first kappa shape index (κ1) is 14.8. The lowest BCUT2D eigenvalue weighted by Gasteiger charge is -2.47. The third kappa shape index (κ3) is 2.40. The maximum Gasteiger partial charge on any atom is 0.331 e. The third-order valence-corrected chi connectivity index (χ3v) is 4.45. The first-order chi connectivity index (χ1) is 9.41. The summed E-state index contributed by atoms with van der Waals surface area (Å²) in [6.45, 7) is 2.35. The van der Waals surface area contributed by atoms with Crippen LogP contribution in [0.3, 0.4) is 0 Å². The average Bonchev–Trinajstić information content (AvgIpc) is 2.32. The summed E-state index contributed by atoms with van der Waals surface area (Å²) in [6.07, 6.45) is 4.32. The molecule has 1 aromatic heterocycles. The molecule has 2 rings (SSSR count). The Balaban J connectivity index is 2.44. The SMILES string of the molecule is CCCc1c(O)n(CC2(N(C)C)CCC2)c(=O)[nH]c1=O. The molecule has 20 heavy (non-hydrogen) atoms. The van der Waals surface area contributed by atoms with E-state index in [1.165, 1.54) is 4.57 Å². The fraction of sp³-hybridized carbons (Fsp3) is 0.714. The van der Waals surface area contributed by atoms with Crippen molar-refractivity contribution < 1.29 is 5.11 Å². The van der Waals surface area contributed by atoms with Crippen molar-refractivity contribution in [2.75, 3.05) is 14.1 Å². The number of H-pyrrole nitrogens is 1. The zero-order valence-electron chi connectivity index (χ0n) is 12.4. The van der Waals surface area contributed by atoms with E-state index in [-0.39, 0.29) is 11.4 Å². The van der Waals surface area contributed by atoms with Crippen LogP contribution in [0.4, 0.5) is 0 Å². The molecule has 1 heterocycles. The van der Waals surface area contributed by atoms with Gasteiger partial charge in [0.2, 0.25) is 5.88 Å². The zero-order chi connectivity index (χ0) is 14.9. The van der Waals surface area contributed by atoms with Crippen molar-refractivity contribution in [3.8, 4) is 5.88 Å².